The molecule has 0 aliphatic carbocycles. The van der Waals surface area contributed by atoms with Gasteiger partial charge < -0.3 is 19.0 Å². The Morgan fingerprint density at radius 1 is 1.06 bits per heavy atom. The molecule has 0 spiro atoms. The van der Waals surface area contributed by atoms with E-state index in [-0.39, 0.29) is 229 Å². The fraction of sp³-hybridized carbons (Fsp3) is 0.556. The molecule has 0 bridgehead atoms. The summed E-state index contributed by atoms with van der Waals surface area (Å²) in [5.74, 6) is 1.97. The fourth-order valence-electron chi connectivity index (χ4n) is 0.250. The minimum absolute atomic E-state index is 0. The van der Waals surface area contributed by atoms with E-state index in [1.807, 2.05) is 5.92 Å². The van der Waals surface area contributed by atoms with Crippen LogP contribution in [0.1, 0.15) is 26.2 Å². The van der Waals surface area contributed by atoms with Crippen molar-refractivity contribution in [2.24, 2.45) is 0 Å². The molecule has 1 N–H and O–H groups in total. The Kier molecular flexibility index (Phi) is 188. The van der Waals surface area contributed by atoms with Crippen molar-refractivity contribution in [2.45, 2.75) is 32.3 Å². The Morgan fingerprint density at radius 2 is 1.29 bits per heavy atom. The second kappa shape index (κ2) is 56.7. The van der Waals surface area contributed by atoms with Crippen molar-refractivity contribution in [1.29, 1.82) is 0 Å². The SMILES string of the molecule is C#CC([CH2-])O.[CH2-]CCCC.[Y].[Y].[Y].[Y].[Y].[Y].[Y]. The number of terminal acetylenes is 1. The van der Waals surface area contributed by atoms with Crippen LogP contribution < -0.4 is 0 Å². The molecule has 0 amide bonds. The van der Waals surface area contributed by atoms with Gasteiger partial charge in [-0.05, 0) is 6.10 Å². The van der Waals surface area contributed by atoms with Crippen LogP contribution in [0.15, 0.2) is 0 Å². The number of aliphatic hydroxyl groups is 1. The molecule has 0 heterocycles. The molecule has 0 saturated heterocycles. The summed E-state index contributed by atoms with van der Waals surface area (Å²) in [5, 5.41) is 8.01. The summed E-state index contributed by atoms with van der Waals surface area (Å²) < 4.78 is 0. The van der Waals surface area contributed by atoms with Crippen LogP contribution >= 0.6 is 0 Å². The summed E-state index contributed by atoms with van der Waals surface area (Å²) in [6.45, 7) is 8.92. The van der Waals surface area contributed by atoms with Crippen LogP contribution in [0.4, 0.5) is 0 Å². The van der Waals surface area contributed by atoms with Crippen LogP contribution in [0, 0.1) is 26.2 Å². The maximum Gasteiger partial charge on any atom is 0 e. The number of rotatable bonds is 2. The summed E-state index contributed by atoms with van der Waals surface area (Å²) >= 11 is 0. The van der Waals surface area contributed by atoms with E-state index in [4.69, 9.17) is 5.11 Å². The molecule has 1 unspecified atom stereocenters. The van der Waals surface area contributed by atoms with Crippen molar-refractivity contribution >= 4 is 0 Å². The molecule has 1 atom stereocenters. The molecular weight excluding hydrogens is 746 g/mol. The van der Waals surface area contributed by atoms with Crippen molar-refractivity contribution < 1.29 is 234 Å². The Bertz CT molecular complexity index is 93.8. The minimum Gasteiger partial charge on any atom is -0.413 e. The molecule has 81 valence electrons. The average Bonchev–Trinajstić information content (AvgIpc) is 1.91. The third-order valence-corrected chi connectivity index (χ3v) is 0.796. The summed E-state index contributed by atoms with van der Waals surface area (Å²) in [4.78, 5) is 0. The van der Waals surface area contributed by atoms with Gasteiger partial charge >= 0.3 is 0 Å². The molecule has 0 fully saturated rings. The summed E-state index contributed by atoms with van der Waals surface area (Å²) in [5.41, 5.74) is 0. The van der Waals surface area contributed by atoms with Gasteiger partial charge in [0, 0.05) is 229 Å². The third-order valence-electron chi connectivity index (χ3n) is 0.796. The average molecular weight is 763 g/mol. The predicted molar refractivity (Wildman–Crippen MR) is 45.1 cm³/mol. The molecule has 0 aromatic heterocycles. The van der Waals surface area contributed by atoms with Crippen molar-refractivity contribution in [3.63, 3.8) is 0 Å². The van der Waals surface area contributed by atoms with Gasteiger partial charge in [0.05, 0.1) is 0 Å². The minimum atomic E-state index is -0.838. The molecule has 0 aromatic carbocycles. The first-order chi connectivity index (χ1) is 4.68. The second-order valence-electron chi connectivity index (χ2n) is 1.89. The van der Waals surface area contributed by atoms with Crippen molar-refractivity contribution in [2.75, 3.05) is 0 Å². The first-order valence-electron chi connectivity index (χ1n) is 3.45. The van der Waals surface area contributed by atoms with E-state index in [0.717, 1.165) is 6.42 Å². The van der Waals surface area contributed by atoms with Gasteiger partial charge in [-0.25, -0.2) is 0 Å². The van der Waals surface area contributed by atoms with Gasteiger partial charge in [0.25, 0.3) is 0 Å². The molecule has 0 aromatic rings. The van der Waals surface area contributed by atoms with Crippen molar-refractivity contribution in [3.05, 3.63) is 13.8 Å². The number of hydrogen-bond donors (Lipinski definition) is 1. The molecule has 17 heavy (non-hydrogen) atoms. The molecule has 8 heteroatoms. The number of aliphatic hydroxyl groups excluding tert-OH is 1. The molecule has 0 rings (SSSR count). The zero-order valence-electron chi connectivity index (χ0n) is 10.7. The maximum absolute atomic E-state index is 8.01. The first kappa shape index (κ1) is 56.4. The van der Waals surface area contributed by atoms with Crippen LogP contribution in [0.25, 0.3) is 0 Å². The molecule has 7 radical (unpaired) electrons. The third kappa shape index (κ3) is 83.0. The fourth-order valence-corrected chi connectivity index (χ4v) is 0.250. The second-order valence-corrected chi connectivity index (χ2v) is 1.89. The standard InChI is InChI=1S/C5H11.C4H5O.7Y/c1-3-5-4-2;1-3-4(2)5;;;;;;;/h1,3-5H2,2H3;1,4-5H,2H2;;;;;;;/q2*-1;;;;;;;. The quantitative estimate of drug-likeness (QED) is 0.337. The van der Waals surface area contributed by atoms with E-state index in [2.05, 4.69) is 27.2 Å². The van der Waals surface area contributed by atoms with Gasteiger partial charge in [0.2, 0.25) is 0 Å². The summed E-state index contributed by atoms with van der Waals surface area (Å²) in [7, 11) is 0. The zero-order valence-corrected chi connectivity index (χ0v) is 30.5. The van der Waals surface area contributed by atoms with E-state index >= 15 is 0 Å². The first-order valence-corrected chi connectivity index (χ1v) is 3.45. The van der Waals surface area contributed by atoms with Crippen LogP contribution in [-0.4, -0.2) is 11.2 Å². The number of hydrogen-bond acceptors (Lipinski definition) is 1. The largest absolute Gasteiger partial charge is 0.413 e. The van der Waals surface area contributed by atoms with Crippen LogP contribution in [0.2, 0.25) is 0 Å². The number of unbranched alkanes of at least 4 members (excludes halogenated alkanes) is 2. The van der Waals surface area contributed by atoms with Gasteiger partial charge in [-0.2, -0.15) is 6.42 Å². The Balaban J connectivity index is -0.00000000762. The zero-order chi connectivity index (χ0) is 8.41. The van der Waals surface area contributed by atoms with Crippen molar-refractivity contribution in [1.82, 2.24) is 0 Å². The van der Waals surface area contributed by atoms with E-state index < -0.39 is 6.10 Å². The predicted octanol–water partition coefficient (Wildman–Crippen LogP) is 1.81. The van der Waals surface area contributed by atoms with E-state index in [1.165, 1.54) is 12.8 Å². The Morgan fingerprint density at radius 3 is 1.29 bits per heavy atom. The molecule has 0 aliphatic heterocycles. The van der Waals surface area contributed by atoms with E-state index in [1.54, 1.807) is 0 Å². The molecule has 1 nitrogen and oxygen atoms in total. The van der Waals surface area contributed by atoms with E-state index in [9.17, 15) is 0 Å². The summed E-state index contributed by atoms with van der Waals surface area (Å²) in [6.07, 6.45) is 7.42. The van der Waals surface area contributed by atoms with Gasteiger partial charge in [0.15, 0.2) is 0 Å². The van der Waals surface area contributed by atoms with E-state index in [0.29, 0.717) is 0 Å². The van der Waals surface area contributed by atoms with Gasteiger partial charge in [-0.1, -0.05) is 19.8 Å². The molecule has 0 aliphatic rings. The summed E-state index contributed by atoms with van der Waals surface area (Å²) in [6, 6.07) is 0. The van der Waals surface area contributed by atoms with Gasteiger partial charge in [0.1, 0.15) is 0 Å². The van der Waals surface area contributed by atoms with Gasteiger partial charge in [-0.3, -0.25) is 0 Å². The van der Waals surface area contributed by atoms with Crippen LogP contribution in [0.5, 0.6) is 0 Å². The van der Waals surface area contributed by atoms with Crippen LogP contribution in [-0.2, 0) is 229 Å². The molecule has 0 saturated carbocycles. The molecular formula is C9H16OY7-2. The monoisotopic (exact) mass is 762 g/mol. The Labute approximate surface area is 284 Å². The topological polar surface area (TPSA) is 20.2 Å². The van der Waals surface area contributed by atoms with Gasteiger partial charge in [-0.15, -0.1) is 12.3 Å². The smallest absolute Gasteiger partial charge is 0 e. The van der Waals surface area contributed by atoms with Crippen LogP contribution in [0.3, 0.4) is 0 Å². The normalized spacial score (nSPS) is 6.29. The Hall–Kier alpha value is 7.25. The van der Waals surface area contributed by atoms with Crippen molar-refractivity contribution in [3.8, 4) is 12.3 Å². The maximum atomic E-state index is 8.01.